The van der Waals surface area contributed by atoms with E-state index in [1.54, 1.807) is 6.26 Å². The number of fused-ring (bicyclic) bond motifs is 1. The maximum atomic E-state index is 13.0. The molecule has 2 N–H and O–H groups in total. The molecule has 2 aromatic rings. The van der Waals surface area contributed by atoms with Crippen molar-refractivity contribution in [3.63, 3.8) is 0 Å². The number of nitrogens with zero attached hydrogens (tertiary/aromatic N) is 2. The molecule has 0 radical (unpaired) electrons. The Morgan fingerprint density at radius 2 is 2.15 bits per heavy atom. The minimum atomic E-state index is 0.0297. The molecule has 2 aliphatic rings. The van der Waals surface area contributed by atoms with Crippen LogP contribution in [0.2, 0.25) is 0 Å². The van der Waals surface area contributed by atoms with Gasteiger partial charge in [0.1, 0.15) is 5.76 Å². The van der Waals surface area contributed by atoms with Gasteiger partial charge in [0.15, 0.2) is 0 Å². The Morgan fingerprint density at radius 1 is 1.35 bits per heavy atom. The predicted molar refractivity (Wildman–Crippen MR) is 102 cm³/mol. The highest BCUT2D eigenvalue weighted by molar-refractivity contribution is 5.95. The summed E-state index contributed by atoms with van der Waals surface area (Å²) < 4.78 is 5.74. The first kappa shape index (κ1) is 17.2. The molecule has 0 aliphatic carbocycles. The fourth-order valence-corrected chi connectivity index (χ4v) is 4.21. The number of rotatable bonds is 4. The average molecular weight is 353 g/mol. The lowest BCUT2D eigenvalue weighted by Crippen LogP contribution is -2.35. The quantitative estimate of drug-likeness (QED) is 0.918. The first-order chi connectivity index (χ1) is 12.5. The number of likely N-dealkylation sites (tertiary alicyclic amines) is 1. The lowest BCUT2D eigenvalue weighted by atomic mass is 9.90. The first-order valence-corrected chi connectivity index (χ1v) is 9.41. The monoisotopic (exact) mass is 353 g/mol. The van der Waals surface area contributed by atoms with Crippen molar-refractivity contribution in [3.05, 3.63) is 53.5 Å². The van der Waals surface area contributed by atoms with Gasteiger partial charge < -0.3 is 20.0 Å². The van der Waals surface area contributed by atoms with Crippen molar-refractivity contribution in [2.45, 2.75) is 39.3 Å². The number of carbonyl (C=O) groups is 1. The summed E-state index contributed by atoms with van der Waals surface area (Å²) in [5.41, 5.74) is 9.20. The largest absolute Gasteiger partial charge is 0.467 e. The zero-order chi connectivity index (χ0) is 18.3. The first-order valence-electron chi connectivity index (χ1n) is 9.41. The van der Waals surface area contributed by atoms with E-state index in [0.29, 0.717) is 24.7 Å². The van der Waals surface area contributed by atoms with Crippen molar-refractivity contribution in [2.24, 2.45) is 11.1 Å². The van der Waals surface area contributed by atoms with Crippen LogP contribution in [0.1, 0.15) is 41.9 Å². The molecule has 2 atom stereocenters. The Bertz CT molecular complexity index is 815. The maximum Gasteiger partial charge on any atom is 0.257 e. The fraction of sp³-hybridized carbons (Fsp3) is 0.476. The lowest BCUT2D eigenvalue weighted by molar-refractivity contribution is 0.0774. The van der Waals surface area contributed by atoms with Crippen LogP contribution in [0.3, 0.4) is 0 Å². The topological polar surface area (TPSA) is 62.7 Å². The van der Waals surface area contributed by atoms with Crippen molar-refractivity contribution in [1.29, 1.82) is 0 Å². The lowest BCUT2D eigenvalue weighted by Gasteiger charge is -2.25. The molecule has 138 valence electrons. The van der Waals surface area contributed by atoms with Crippen LogP contribution in [-0.2, 0) is 13.0 Å². The fourth-order valence-electron chi connectivity index (χ4n) is 4.21. The van der Waals surface area contributed by atoms with E-state index >= 15 is 0 Å². The van der Waals surface area contributed by atoms with Crippen LogP contribution in [-0.4, -0.2) is 36.5 Å². The van der Waals surface area contributed by atoms with Crippen molar-refractivity contribution < 1.29 is 9.21 Å². The molecule has 0 saturated carbocycles. The van der Waals surface area contributed by atoms with E-state index < -0.39 is 0 Å². The average Bonchev–Trinajstić information content (AvgIpc) is 3.34. The van der Waals surface area contributed by atoms with Crippen molar-refractivity contribution in [2.75, 3.05) is 24.5 Å². The summed E-state index contributed by atoms with van der Waals surface area (Å²) in [6.07, 6.45) is 3.62. The third kappa shape index (κ3) is 2.90. The summed E-state index contributed by atoms with van der Waals surface area (Å²) in [5.74, 6) is 0.811. The van der Waals surface area contributed by atoms with Crippen LogP contribution >= 0.6 is 0 Å². The highest BCUT2D eigenvalue weighted by atomic mass is 16.3. The van der Waals surface area contributed by atoms with E-state index in [1.807, 2.05) is 11.0 Å². The van der Waals surface area contributed by atoms with Gasteiger partial charge in [-0.05, 0) is 49.4 Å². The molecular weight excluding hydrogens is 326 g/mol. The summed E-state index contributed by atoms with van der Waals surface area (Å²) in [6.45, 7) is 7.08. The Kier molecular flexibility index (Phi) is 4.27. The van der Waals surface area contributed by atoms with Gasteiger partial charge in [-0.1, -0.05) is 25.1 Å². The summed E-state index contributed by atoms with van der Waals surface area (Å²) in [5, 5.41) is 0. The van der Waals surface area contributed by atoms with Gasteiger partial charge in [-0.15, -0.1) is 0 Å². The van der Waals surface area contributed by atoms with Crippen LogP contribution in [0.5, 0.6) is 0 Å². The molecule has 2 unspecified atom stereocenters. The van der Waals surface area contributed by atoms with Gasteiger partial charge >= 0.3 is 0 Å². The smallest absolute Gasteiger partial charge is 0.257 e. The van der Waals surface area contributed by atoms with Crippen molar-refractivity contribution in [3.8, 4) is 0 Å². The van der Waals surface area contributed by atoms with Crippen LogP contribution in [0.25, 0.3) is 0 Å². The van der Waals surface area contributed by atoms with Crippen molar-refractivity contribution in [1.82, 2.24) is 4.90 Å². The molecule has 0 spiro atoms. The van der Waals surface area contributed by atoms with Crippen LogP contribution in [0, 0.1) is 5.41 Å². The molecular formula is C21H27N3O2. The number of hydrogen-bond acceptors (Lipinski definition) is 4. The number of amides is 1. The van der Waals surface area contributed by atoms with Gasteiger partial charge in [-0.3, -0.25) is 4.79 Å². The number of hydrogen-bond donors (Lipinski definition) is 1. The van der Waals surface area contributed by atoms with Crippen LogP contribution in [0.4, 0.5) is 5.69 Å². The highest BCUT2D eigenvalue weighted by Crippen LogP contribution is 2.34. The molecule has 5 heteroatoms. The third-order valence-corrected chi connectivity index (χ3v) is 5.98. The maximum absolute atomic E-state index is 13.0. The van der Waals surface area contributed by atoms with E-state index in [1.165, 1.54) is 11.3 Å². The van der Waals surface area contributed by atoms with E-state index in [0.717, 1.165) is 31.7 Å². The van der Waals surface area contributed by atoms with E-state index in [9.17, 15) is 4.79 Å². The third-order valence-electron chi connectivity index (χ3n) is 5.98. The number of anilines is 1. The molecule has 3 heterocycles. The Morgan fingerprint density at radius 3 is 2.92 bits per heavy atom. The van der Waals surface area contributed by atoms with Gasteiger partial charge in [0.25, 0.3) is 5.91 Å². The van der Waals surface area contributed by atoms with Crippen molar-refractivity contribution >= 4 is 11.6 Å². The zero-order valence-electron chi connectivity index (χ0n) is 15.6. The van der Waals surface area contributed by atoms with Crippen LogP contribution in [0.15, 0.2) is 41.0 Å². The normalized spacial score (nSPS) is 25.0. The summed E-state index contributed by atoms with van der Waals surface area (Å²) in [4.78, 5) is 17.3. The van der Waals surface area contributed by atoms with E-state index in [4.69, 9.17) is 10.2 Å². The van der Waals surface area contributed by atoms with Gasteiger partial charge in [-0.2, -0.15) is 0 Å². The molecule has 1 amide bonds. The number of para-hydroxylation sites is 1. The van der Waals surface area contributed by atoms with Gasteiger partial charge in [-0.25, -0.2) is 0 Å². The molecule has 5 nitrogen and oxygen atoms in total. The minimum Gasteiger partial charge on any atom is -0.467 e. The summed E-state index contributed by atoms with van der Waals surface area (Å²) in [6, 6.07) is 10.7. The molecule has 0 bridgehead atoms. The second-order valence-corrected chi connectivity index (χ2v) is 8.06. The SMILES string of the molecule is CC1Cc2ccccc2N1Cc1occc1C(=O)N1CCC(C)(CN)C1. The zero-order valence-corrected chi connectivity index (χ0v) is 15.6. The summed E-state index contributed by atoms with van der Waals surface area (Å²) >= 11 is 0. The standard InChI is InChI=1S/C21H27N3O2/c1-15-11-16-5-3-4-6-18(16)24(15)12-19-17(7-10-26-19)20(25)23-9-8-21(2,13-22)14-23/h3-7,10,15H,8-9,11-14,22H2,1-2H3. The molecule has 4 rings (SSSR count). The molecule has 1 fully saturated rings. The van der Waals surface area contributed by atoms with E-state index in [-0.39, 0.29) is 11.3 Å². The predicted octanol–water partition coefficient (Wildman–Crippen LogP) is 3.04. The Balaban J connectivity index is 1.54. The highest BCUT2D eigenvalue weighted by Gasteiger charge is 2.36. The number of benzene rings is 1. The number of nitrogens with two attached hydrogens (primary N) is 1. The number of carbonyl (C=O) groups excluding carboxylic acids is 1. The summed E-state index contributed by atoms with van der Waals surface area (Å²) in [7, 11) is 0. The van der Waals surface area contributed by atoms with Gasteiger partial charge in [0.2, 0.25) is 0 Å². The molecule has 1 aromatic carbocycles. The molecule has 2 aliphatic heterocycles. The molecule has 1 saturated heterocycles. The minimum absolute atomic E-state index is 0.0297. The molecule has 1 aromatic heterocycles. The Labute approximate surface area is 154 Å². The van der Waals surface area contributed by atoms with Gasteiger partial charge in [0, 0.05) is 24.8 Å². The van der Waals surface area contributed by atoms with Gasteiger partial charge in [0.05, 0.1) is 18.4 Å². The Hall–Kier alpha value is -2.27. The molecule has 26 heavy (non-hydrogen) atoms. The second kappa shape index (κ2) is 6.47. The number of furan rings is 1. The van der Waals surface area contributed by atoms with E-state index in [2.05, 4.69) is 43.0 Å². The van der Waals surface area contributed by atoms with Crippen LogP contribution < -0.4 is 10.6 Å². The second-order valence-electron chi connectivity index (χ2n) is 8.06.